The monoisotopic (exact) mass is 312 g/mol. The number of nitrogens with zero attached hydrogens (tertiary/aromatic N) is 2. The Morgan fingerprint density at radius 1 is 1.52 bits per heavy atom. The Morgan fingerprint density at radius 3 is 3.00 bits per heavy atom. The fourth-order valence-corrected chi connectivity index (χ4v) is 2.92. The largest absolute Gasteiger partial charge is 0.376 e. The minimum Gasteiger partial charge on any atom is -0.376 e. The van der Waals surface area contributed by atoms with Crippen molar-refractivity contribution in [3.8, 4) is 0 Å². The SMILES string of the molecule is CC(C)=NN=C1NC(=O)C(CC(=O)NCC2CCCO2)S1. The zero-order valence-electron chi connectivity index (χ0n) is 12.2. The molecular weight excluding hydrogens is 292 g/mol. The van der Waals surface area contributed by atoms with Crippen LogP contribution in [-0.2, 0) is 14.3 Å². The van der Waals surface area contributed by atoms with E-state index in [1.165, 1.54) is 11.8 Å². The number of carbonyl (C=O) groups is 2. The minimum atomic E-state index is -0.444. The molecule has 0 saturated carbocycles. The van der Waals surface area contributed by atoms with Gasteiger partial charge in [0.25, 0.3) is 0 Å². The van der Waals surface area contributed by atoms with Gasteiger partial charge in [0.2, 0.25) is 11.8 Å². The standard InChI is InChI=1S/C13H20N4O3S/c1-8(2)16-17-13-15-12(19)10(21-13)6-11(18)14-7-9-4-3-5-20-9/h9-10H,3-7H2,1-2H3,(H,14,18)(H,15,17,19). The molecule has 8 heteroatoms. The highest BCUT2D eigenvalue weighted by atomic mass is 32.2. The van der Waals surface area contributed by atoms with Crippen molar-refractivity contribution in [3.05, 3.63) is 0 Å². The molecule has 2 N–H and O–H groups in total. The Hall–Kier alpha value is -1.41. The summed E-state index contributed by atoms with van der Waals surface area (Å²) in [4.78, 5) is 23.6. The van der Waals surface area contributed by atoms with Crippen LogP contribution in [0.2, 0.25) is 0 Å². The fraction of sp³-hybridized carbons (Fsp3) is 0.692. The van der Waals surface area contributed by atoms with E-state index in [9.17, 15) is 9.59 Å². The van der Waals surface area contributed by atoms with Crippen LogP contribution in [0.3, 0.4) is 0 Å². The van der Waals surface area contributed by atoms with Crippen LogP contribution in [0, 0.1) is 0 Å². The van der Waals surface area contributed by atoms with E-state index in [1.807, 2.05) is 13.8 Å². The zero-order chi connectivity index (χ0) is 15.2. The third-order valence-corrected chi connectivity index (χ3v) is 4.11. The van der Waals surface area contributed by atoms with Crippen molar-refractivity contribution in [1.29, 1.82) is 0 Å². The van der Waals surface area contributed by atoms with Crippen LogP contribution in [0.25, 0.3) is 0 Å². The maximum Gasteiger partial charge on any atom is 0.240 e. The Balaban J connectivity index is 1.77. The zero-order valence-corrected chi connectivity index (χ0v) is 13.0. The van der Waals surface area contributed by atoms with Gasteiger partial charge in [-0.3, -0.25) is 9.59 Å². The maximum atomic E-state index is 11.8. The summed E-state index contributed by atoms with van der Waals surface area (Å²) in [5, 5.41) is 13.3. The van der Waals surface area contributed by atoms with E-state index < -0.39 is 5.25 Å². The van der Waals surface area contributed by atoms with E-state index in [0.717, 1.165) is 25.2 Å². The van der Waals surface area contributed by atoms with Gasteiger partial charge < -0.3 is 15.4 Å². The molecule has 2 amide bonds. The summed E-state index contributed by atoms with van der Waals surface area (Å²) in [6.07, 6.45) is 2.26. The van der Waals surface area contributed by atoms with E-state index in [2.05, 4.69) is 20.8 Å². The van der Waals surface area contributed by atoms with E-state index in [0.29, 0.717) is 11.7 Å². The van der Waals surface area contributed by atoms with Crippen molar-refractivity contribution >= 4 is 34.5 Å². The average Bonchev–Trinajstić information content (AvgIpc) is 3.05. The van der Waals surface area contributed by atoms with Crippen LogP contribution in [0.4, 0.5) is 0 Å². The summed E-state index contributed by atoms with van der Waals surface area (Å²) in [6, 6.07) is 0. The lowest BCUT2D eigenvalue weighted by Gasteiger charge is -2.11. The first-order chi connectivity index (χ1) is 10.0. The molecule has 2 atom stereocenters. The highest BCUT2D eigenvalue weighted by Gasteiger charge is 2.32. The molecule has 2 heterocycles. The Bertz CT molecular complexity index is 468. The molecule has 2 saturated heterocycles. The lowest BCUT2D eigenvalue weighted by atomic mass is 10.2. The molecule has 2 aliphatic heterocycles. The first-order valence-corrected chi connectivity index (χ1v) is 7.87. The summed E-state index contributed by atoms with van der Waals surface area (Å²) in [5.74, 6) is -0.343. The molecule has 0 aromatic rings. The van der Waals surface area contributed by atoms with Gasteiger partial charge in [0, 0.05) is 25.3 Å². The predicted molar refractivity (Wildman–Crippen MR) is 82.3 cm³/mol. The Labute approximate surface area is 128 Å². The van der Waals surface area contributed by atoms with Crippen LogP contribution in [0.15, 0.2) is 10.2 Å². The number of amides is 2. The highest BCUT2D eigenvalue weighted by molar-refractivity contribution is 8.15. The van der Waals surface area contributed by atoms with Crippen LogP contribution in [-0.4, -0.2) is 47.2 Å². The van der Waals surface area contributed by atoms with Gasteiger partial charge in [-0.1, -0.05) is 11.8 Å². The van der Waals surface area contributed by atoms with Gasteiger partial charge in [0.15, 0.2) is 5.17 Å². The van der Waals surface area contributed by atoms with E-state index >= 15 is 0 Å². The van der Waals surface area contributed by atoms with Gasteiger partial charge in [0.05, 0.1) is 6.10 Å². The molecule has 0 radical (unpaired) electrons. The minimum absolute atomic E-state index is 0.109. The van der Waals surface area contributed by atoms with Gasteiger partial charge in [-0.15, -0.1) is 5.10 Å². The number of thioether (sulfide) groups is 1. The number of ether oxygens (including phenoxy) is 1. The van der Waals surface area contributed by atoms with Gasteiger partial charge in [0.1, 0.15) is 5.25 Å². The maximum absolute atomic E-state index is 11.8. The third-order valence-electron chi connectivity index (χ3n) is 3.04. The molecule has 116 valence electrons. The number of amidine groups is 1. The quantitative estimate of drug-likeness (QED) is 0.576. The summed E-state index contributed by atoms with van der Waals surface area (Å²) < 4.78 is 5.43. The van der Waals surface area contributed by atoms with Gasteiger partial charge in [-0.2, -0.15) is 5.10 Å². The summed E-state index contributed by atoms with van der Waals surface area (Å²) in [5.41, 5.74) is 0.801. The normalized spacial score (nSPS) is 26.8. The van der Waals surface area contributed by atoms with Crippen LogP contribution in [0.1, 0.15) is 33.1 Å². The first kappa shape index (κ1) is 16.0. The molecule has 7 nitrogen and oxygen atoms in total. The first-order valence-electron chi connectivity index (χ1n) is 6.99. The van der Waals surface area contributed by atoms with Crippen molar-refractivity contribution in [3.63, 3.8) is 0 Å². The van der Waals surface area contributed by atoms with Gasteiger partial charge >= 0.3 is 0 Å². The molecule has 0 bridgehead atoms. The molecule has 0 aromatic carbocycles. The number of nitrogens with one attached hydrogen (secondary N) is 2. The van der Waals surface area contributed by atoms with Crippen molar-refractivity contribution in [1.82, 2.24) is 10.6 Å². The molecule has 2 fully saturated rings. The van der Waals surface area contributed by atoms with Crippen LogP contribution < -0.4 is 10.6 Å². The molecule has 0 spiro atoms. The third kappa shape index (κ3) is 5.13. The second kappa shape index (κ2) is 7.56. The molecule has 21 heavy (non-hydrogen) atoms. The van der Waals surface area contributed by atoms with Crippen molar-refractivity contribution in [2.75, 3.05) is 13.2 Å². The predicted octanol–water partition coefficient (Wildman–Crippen LogP) is 0.655. The number of carbonyl (C=O) groups excluding carboxylic acids is 2. The molecule has 2 rings (SSSR count). The second-order valence-corrected chi connectivity index (χ2v) is 6.38. The van der Waals surface area contributed by atoms with Gasteiger partial charge in [-0.05, 0) is 26.7 Å². The average molecular weight is 312 g/mol. The smallest absolute Gasteiger partial charge is 0.240 e. The van der Waals surface area contributed by atoms with Crippen molar-refractivity contribution in [2.45, 2.75) is 44.5 Å². The molecule has 0 aliphatic carbocycles. The van der Waals surface area contributed by atoms with Crippen LogP contribution in [0.5, 0.6) is 0 Å². The lowest BCUT2D eigenvalue weighted by Crippen LogP contribution is -2.35. The van der Waals surface area contributed by atoms with Gasteiger partial charge in [-0.25, -0.2) is 0 Å². The Morgan fingerprint density at radius 2 is 2.33 bits per heavy atom. The van der Waals surface area contributed by atoms with E-state index in [-0.39, 0.29) is 24.3 Å². The molecular formula is C13H20N4O3S. The van der Waals surface area contributed by atoms with Crippen molar-refractivity contribution < 1.29 is 14.3 Å². The lowest BCUT2D eigenvalue weighted by molar-refractivity contribution is -0.125. The number of hydrogen-bond donors (Lipinski definition) is 2. The van der Waals surface area contributed by atoms with Crippen molar-refractivity contribution in [2.24, 2.45) is 10.2 Å². The van der Waals surface area contributed by atoms with Crippen LogP contribution >= 0.6 is 11.8 Å². The Kier molecular flexibility index (Phi) is 5.75. The molecule has 0 aromatic heterocycles. The highest BCUT2D eigenvalue weighted by Crippen LogP contribution is 2.22. The second-order valence-electron chi connectivity index (χ2n) is 5.19. The number of hydrogen-bond acceptors (Lipinski definition) is 6. The molecule has 2 unspecified atom stereocenters. The molecule has 2 aliphatic rings. The number of rotatable bonds is 5. The topological polar surface area (TPSA) is 92.2 Å². The fourth-order valence-electron chi connectivity index (χ4n) is 2.01. The van der Waals surface area contributed by atoms with E-state index in [1.54, 1.807) is 0 Å². The summed E-state index contributed by atoms with van der Waals surface area (Å²) >= 11 is 1.24. The summed E-state index contributed by atoms with van der Waals surface area (Å²) in [7, 11) is 0. The summed E-state index contributed by atoms with van der Waals surface area (Å²) in [6.45, 7) is 4.92. The van der Waals surface area contributed by atoms with E-state index in [4.69, 9.17) is 4.74 Å².